The minimum absolute atomic E-state index is 0.0178. The van der Waals surface area contributed by atoms with Crippen molar-refractivity contribution in [3.8, 4) is 11.1 Å². The van der Waals surface area contributed by atoms with Gasteiger partial charge < -0.3 is 5.32 Å². The van der Waals surface area contributed by atoms with E-state index >= 15 is 0 Å². The SMILES string of the molecule is NS(=O)(=O)NN1Cc2ccc(-c3ccnc4c3CCC(=O)N4)cc2C1. The second-order valence-electron chi connectivity index (χ2n) is 6.21. The molecule has 0 saturated heterocycles. The Hall–Kier alpha value is -2.33. The van der Waals surface area contributed by atoms with E-state index in [-0.39, 0.29) is 5.91 Å². The van der Waals surface area contributed by atoms with Gasteiger partial charge in [0.2, 0.25) is 5.91 Å². The van der Waals surface area contributed by atoms with E-state index in [4.69, 9.17) is 5.14 Å². The number of hydrogen-bond donors (Lipinski definition) is 3. The van der Waals surface area contributed by atoms with Crippen LogP contribution in [0.5, 0.6) is 0 Å². The van der Waals surface area contributed by atoms with Gasteiger partial charge in [-0.05, 0) is 40.8 Å². The van der Waals surface area contributed by atoms with Gasteiger partial charge in [-0.15, -0.1) is 4.83 Å². The van der Waals surface area contributed by atoms with E-state index in [1.807, 2.05) is 24.3 Å². The van der Waals surface area contributed by atoms with Crippen LogP contribution in [0.4, 0.5) is 5.82 Å². The first-order valence-electron chi connectivity index (χ1n) is 7.84. The van der Waals surface area contributed by atoms with Gasteiger partial charge in [0, 0.05) is 31.3 Å². The summed E-state index contributed by atoms with van der Waals surface area (Å²) < 4.78 is 22.4. The smallest absolute Gasteiger partial charge is 0.287 e. The lowest BCUT2D eigenvalue weighted by Crippen LogP contribution is -2.42. The number of hydrogen-bond acceptors (Lipinski definition) is 5. The van der Waals surface area contributed by atoms with E-state index < -0.39 is 10.2 Å². The molecule has 0 aliphatic carbocycles. The molecule has 2 aliphatic heterocycles. The number of carbonyl (C=O) groups is 1. The van der Waals surface area contributed by atoms with Crippen LogP contribution >= 0.6 is 0 Å². The number of rotatable bonds is 3. The molecule has 25 heavy (non-hydrogen) atoms. The highest BCUT2D eigenvalue weighted by Crippen LogP contribution is 2.33. The molecule has 1 aromatic carbocycles. The van der Waals surface area contributed by atoms with Crippen LogP contribution in [0.1, 0.15) is 23.1 Å². The van der Waals surface area contributed by atoms with Crippen molar-refractivity contribution < 1.29 is 13.2 Å². The number of fused-ring (bicyclic) bond motifs is 2. The Kier molecular flexibility index (Phi) is 3.80. The van der Waals surface area contributed by atoms with Crippen LogP contribution in [0.3, 0.4) is 0 Å². The summed E-state index contributed by atoms with van der Waals surface area (Å²) in [6, 6.07) is 7.98. The fourth-order valence-corrected chi connectivity index (χ4v) is 3.85. The van der Waals surface area contributed by atoms with Gasteiger partial charge in [0.05, 0.1) is 0 Å². The van der Waals surface area contributed by atoms with Crippen molar-refractivity contribution in [1.82, 2.24) is 14.8 Å². The maximum absolute atomic E-state index is 11.6. The quantitative estimate of drug-likeness (QED) is 0.744. The van der Waals surface area contributed by atoms with Gasteiger partial charge in [-0.25, -0.2) is 15.1 Å². The number of aromatic nitrogens is 1. The lowest BCUT2D eigenvalue weighted by Gasteiger charge is -2.19. The molecule has 0 atom stereocenters. The molecule has 4 rings (SSSR count). The van der Waals surface area contributed by atoms with Gasteiger partial charge in [-0.1, -0.05) is 12.1 Å². The van der Waals surface area contributed by atoms with Crippen LogP contribution in [-0.4, -0.2) is 24.3 Å². The van der Waals surface area contributed by atoms with Crippen molar-refractivity contribution in [3.05, 3.63) is 47.2 Å². The fourth-order valence-electron chi connectivity index (χ4n) is 3.36. The highest BCUT2D eigenvalue weighted by atomic mass is 32.2. The highest BCUT2D eigenvalue weighted by molar-refractivity contribution is 7.87. The summed E-state index contributed by atoms with van der Waals surface area (Å²) in [7, 11) is -3.78. The number of carbonyl (C=O) groups excluding carboxylic acids is 1. The zero-order valence-corrected chi connectivity index (χ0v) is 14.1. The summed E-state index contributed by atoms with van der Waals surface area (Å²) in [5, 5.41) is 9.40. The number of nitrogens with zero attached hydrogens (tertiary/aromatic N) is 2. The molecular weight excluding hydrogens is 342 g/mol. The monoisotopic (exact) mass is 359 g/mol. The third kappa shape index (κ3) is 3.27. The van der Waals surface area contributed by atoms with E-state index in [1.165, 1.54) is 0 Å². The van der Waals surface area contributed by atoms with E-state index in [9.17, 15) is 13.2 Å². The number of nitrogens with two attached hydrogens (primary N) is 1. The number of hydrazine groups is 1. The first kappa shape index (κ1) is 16.2. The lowest BCUT2D eigenvalue weighted by molar-refractivity contribution is -0.116. The molecule has 2 aromatic rings. The molecule has 2 aliphatic rings. The third-order valence-electron chi connectivity index (χ3n) is 4.41. The predicted octanol–water partition coefficient (Wildman–Crippen LogP) is 0.657. The minimum atomic E-state index is -3.78. The maximum atomic E-state index is 11.6. The minimum Gasteiger partial charge on any atom is -0.310 e. The summed E-state index contributed by atoms with van der Waals surface area (Å²) in [5.74, 6) is 0.600. The molecule has 1 aromatic heterocycles. The Bertz CT molecular complexity index is 974. The molecule has 9 heteroatoms. The van der Waals surface area contributed by atoms with Crippen molar-refractivity contribution in [3.63, 3.8) is 0 Å². The summed E-state index contributed by atoms with van der Waals surface area (Å²) in [5.41, 5.74) is 5.17. The van der Waals surface area contributed by atoms with Gasteiger partial charge in [-0.2, -0.15) is 8.42 Å². The normalized spacial score (nSPS) is 17.1. The number of amides is 1. The fraction of sp³-hybridized carbons (Fsp3) is 0.250. The molecule has 0 radical (unpaired) electrons. The van der Waals surface area contributed by atoms with E-state index in [0.29, 0.717) is 31.7 Å². The van der Waals surface area contributed by atoms with Crippen LogP contribution in [-0.2, 0) is 34.5 Å². The Morgan fingerprint density at radius 1 is 1.16 bits per heavy atom. The molecule has 0 fully saturated rings. The number of nitrogens with one attached hydrogen (secondary N) is 2. The molecular formula is C16H17N5O3S. The van der Waals surface area contributed by atoms with Gasteiger partial charge in [-0.3, -0.25) is 4.79 Å². The molecule has 3 heterocycles. The van der Waals surface area contributed by atoms with Crippen LogP contribution < -0.4 is 15.3 Å². The van der Waals surface area contributed by atoms with Crippen LogP contribution in [0.25, 0.3) is 11.1 Å². The summed E-state index contributed by atoms with van der Waals surface area (Å²) in [6.07, 6.45) is 2.78. The molecule has 0 unspecified atom stereocenters. The first-order valence-corrected chi connectivity index (χ1v) is 9.39. The Morgan fingerprint density at radius 3 is 2.76 bits per heavy atom. The topological polar surface area (TPSA) is 117 Å². The zero-order valence-electron chi connectivity index (χ0n) is 13.3. The molecule has 0 spiro atoms. The third-order valence-corrected chi connectivity index (χ3v) is 4.92. The van der Waals surface area contributed by atoms with Gasteiger partial charge in [0.1, 0.15) is 5.82 Å². The van der Waals surface area contributed by atoms with Crippen molar-refractivity contribution in [2.75, 3.05) is 5.32 Å². The maximum Gasteiger partial charge on any atom is 0.287 e. The van der Waals surface area contributed by atoms with Gasteiger partial charge in [0.25, 0.3) is 10.2 Å². The molecule has 130 valence electrons. The second-order valence-corrected chi connectivity index (χ2v) is 7.48. The van der Waals surface area contributed by atoms with Crippen LogP contribution in [0.15, 0.2) is 30.5 Å². The van der Waals surface area contributed by atoms with Crippen molar-refractivity contribution in [2.24, 2.45) is 5.14 Å². The van der Waals surface area contributed by atoms with Crippen LogP contribution in [0, 0.1) is 0 Å². The average molecular weight is 359 g/mol. The van der Waals surface area contributed by atoms with Gasteiger partial charge in [0.15, 0.2) is 0 Å². The summed E-state index contributed by atoms with van der Waals surface area (Å²) >= 11 is 0. The van der Waals surface area contributed by atoms with Crippen molar-refractivity contribution >= 4 is 21.9 Å². The highest BCUT2D eigenvalue weighted by Gasteiger charge is 2.24. The van der Waals surface area contributed by atoms with E-state index in [0.717, 1.165) is 27.8 Å². The standard InChI is InChI=1S/C16H17N5O3S/c17-25(23,24)20-21-8-11-2-1-10(7-12(11)9-21)13-5-6-18-16-14(13)3-4-15(22)19-16/h1-2,5-7,20H,3-4,8-9H2,(H2,17,23,24)(H,18,19,22). The summed E-state index contributed by atoms with van der Waals surface area (Å²) in [4.78, 5) is 18.1. The molecule has 1 amide bonds. The van der Waals surface area contributed by atoms with Crippen molar-refractivity contribution in [1.29, 1.82) is 0 Å². The first-order chi connectivity index (χ1) is 11.9. The lowest BCUT2D eigenvalue weighted by atomic mass is 9.94. The number of benzene rings is 1. The number of pyridine rings is 1. The average Bonchev–Trinajstić information content (AvgIpc) is 2.93. The Labute approximate surface area is 145 Å². The van der Waals surface area contributed by atoms with Crippen molar-refractivity contribution in [2.45, 2.75) is 25.9 Å². The molecule has 4 N–H and O–H groups in total. The zero-order chi connectivity index (χ0) is 17.6. The predicted molar refractivity (Wildman–Crippen MR) is 92.1 cm³/mol. The number of anilines is 1. The Morgan fingerprint density at radius 2 is 1.96 bits per heavy atom. The van der Waals surface area contributed by atoms with Gasteiger partial charge >= 0.3 is 0 Å². The Balaban J connectivity index is 1.66. The molecule has 0 bridgehead atoms. The molecule has 0 saturated carbocycles. The second kappa shape index (κ2) is 5.88. The van der Waals surface area contributed by atoms with E-state index in [1.54, 1.807) is 11.2 Å². The molecule has 8 nitrogen and oxygen atoms in total. The van der Waals surface area contributed by atoms with E-state index in [2.05, 4.69) is 15.1 Å². The summed E-state index contributed by atoms with van der Waals surface area (Å²) in [6.45, 7) is 0.917. The van der Waals surface area contributed by atoms with Crippen LogP contribution in [0.2, 0.25) is 0 Å². The largest absolute Gasteiger partial charge is 0.310 e.